The molecule has 0 radical (unpaired) electrons. The van der Waals surface area contributed by atoms with Gasteiger partial charge in [-0.2, -0.15) is 0 Å². The SMILES string of the molecule is CC(C)(C)OC(=O)C[C@@H]1C/C=C\C[C@H](CC(=O)NCCO)C(=O)N[C@H](Cc2ccccc2)COC1=O. The maximum Gasteiger partial charge on any atom is 0.309 e. The highest BCUT2D eigenvalue weighted by molar-refractivity contribution is 5.86. The van der Waals surface area contributed by atoms with E-state index >= 15 is 0 Å². The van der Waals surface area contributed by atoms with E-state index in [1.165, 1.54) is 0 Å². The lowest BCUT2D eigenvalue weighted by atomic mass is 9.96. The average Bonchev–Trinajstić information content (AvgIpc) is 2.80. The number of carbonyl (C=O) groups excluding carboxylic acids is 4. The molecule has 0 unspecified atom stereocenters. The molecule has 198 valence electrons. The van der Waals surface area contributed by atoms with Crippen molar-refractivity contribution in [3.8, 4) is 0 Å². The second-order valence-electron chi connectivity index (χ2n) is 9.93. The number of hydrogen-bond donors (Lipinski definition) is 3. The number of esters is 2. The fraction of sp³-hybridized carbons (Fsp3) is 0.556. The van der Waals surface area contributed by atoms with Crippen LogP contribution in [0.1, 0.15) is 52.0 Å². The summed E-state index contributed by atoms with van der Waals surface area (Å²) in [7, 11) is 0. The third-order valence-electron chi connectivity index (χ3n) is 5.51. The van der Waals surface area contributed by atoms with Crippen LogP contribution in [0, 0.1) is 11.8 Å². The zero-order valence-electron chi connectivity index (χ0n) is 21.3. The van der Waals surface area contributed by atoms with E-state index in [-0.39, 0.29) is 57.3 Å². The van der Waals surface area contributed by atoms with Gasteiger partial charge in [0.15, 0.2) is 0 Å². The Balaban J connectivity index is 2.21. The summed E-state index contributed by atoms with van der Waals surface area (Å²) in [6, 6.07) is 8.97. The van der Waals surface area contributed by atoms with Crippen molar-refractivity contribution in [2.75, 3.05) is 19.8 Å². The van der Waals surface area contributed by atoms with Crippen LogP contribution in [0.2, 0.25) is 0 Å². The Kier molecular flexibility index (Phi) is 11.6. The third-order valence-corrected chi connectivity index (χ3v) is 5.51. The van der Waals surface area contributed by atoms with E-state index < -0.39 is 35.4 Å². The fourth-order valence-electron chi connectivity index (χ4n) is 3.81. The lowest BCUT2D eigenvalue weighted by molar-refractivity contribution is -0.161. The van der Waals surface area contributed by atoms with E-state index in [1.54, 1.807) is 32.9 Å². The number of ether oxygens (including phenoxy) is 2. The molecule has 0 saturated heterocycles. The van der Waals surface area contributed by atoms with Gasteiger partial charge in [0.2, 0.25) is 11.8 Å². The first-order valence-electron chi connectivity index (χ1n) is 12.3. The van der Waals surface area contributed by atoms with Gasteiger partial charge in [-0.3, -0.25) is 19.2 Å². The van der Waals surface area contributed by atoms with Gasteiger partial charge in [-0.1, -0.05) is 42.5 Å². The van der Waals surface area contributed by atoms with E-state index in [0.717, 1.165) is 5.56 Å². The number of allylic oxidation sites excluding steroid dienone is 2. The molecule has 1 aliphatic rings. The second kappa shape index (κ2) is 14.4. The Bertz CT molecular complexity index is 908. The summed E-state index contributed by atoms with van der Waals surface area (Å²) in [5.41, 5.74) is 0.283. The van der Waals surface area contributed by atoms with Crippen LogP contribution in [-0.2, 0) is 35.1 Å². The van der Waals surface area contributed by atoms with Gasteiger partial charge >= 0.3 is 11.9 Å². The van der Waals surface area contributed by atoms with E-state index in [0.29, 0.717) is 6.42 Å². The minimum absolute atomic E-state index is 0.0463. The van der Waals surface area contributed by atoms with Crippen LogP contribution in [0.3, 0.4) is 0 Å². The van der Waals surface area contributed by atoms with Crippen LogP contribution >= 0.6 is 0 Å². The molecule has 1 heterocycles. The van der Waals surface area contributed by atoms with Crippen LogP contribution in [0.4, 0.5) is 0 Å². The molecule has 1 aromatic carbocycles. The van der Waals surface area contributed by atoms with Crippen molar-refractivity contribution in [3.05, 3.63) is 48.0 Å². The van der Waals surface area contributed by atoms with E-state index in [9.17, 15) is 19.2 Å². The quantitative estimate of drug-likeness (QED) is 0.366. The van der Waals surface area contributed by atoms with Gasteiger partial charge in [0.25, 0.3) is 0 Å². The highest BCUT2D eigenvalue weighted by Crippen LogP contribution is 2.19. The Labute approximate surface area is 212 Å². The highest BCUT2D eigenvalue weighted by atomic mass is 16.6. The number of hydrogen-bond acceptors (Lipinski definition) is 7. The van der Waals surface area contributed by atoms with Gasteiger partial charge in [0, 0.05) is 13.0 Å². The predicted octanol–water partition coefficient (Wildman–Crippen LogP) is 2.07. The lowest BCUT2D eigenvalue weighted by Gasteiger charge is -2.25. The van der Waals surface area contributed by atoms with Crippen LogP contribution in [0.25, 0.3) is 0 Å². The minimum Gasteiger partial charge on any atom is -0.463 e. The van der Waals surface area contributed by atoms with Crippen molar-refractivity contribution < 1.29 is 33.8 Å². The Morgan fingerprint density at radius 2 is 1.75 bits per heavy atom. The van der Waals surface area contributed by atoms with Crippen LogP contribution in [0.15, 0.2) is 42.5 Å². The van der Waals surface area contributed by atoms with Crippen molar-refractivity contribution in [3.63, 3.8) is 0 Å². The number of rotatable bonds is 8. The second-order valence-corrected chi connectivity index (χ2v) is 9.93. The highest BCUT2D eigenvalue weighted by Gasteiger charge is 2.29. The number of benzene rings is 1. The topological polar surface area (TPSA) is 131 Å². The first kappa shape index (κ1) is 29.0. The number of aliphatic hydroxyl groups is 1. The van der Waals surface area contributed by atoms with Crippen LogP contribution < -0.4 is 10.6 Å². The Morgan fingerprint density at radius 3 is 2.39 bits per heavy atom. The number of carbonyl (C=O) groups is 4. The van der Waals surface area contributed by atoms with E-state index in [2.05, 4.69) is 10.6 Å². The molecule has 0 saturated carbocycles. The summed E-state index contributed by atoms with van der Waals surface area (Å²) in [4.78, 5) is 50.6. The molecule has 1 aliphatic heterocycles. The largest absolute Gasteiger partial charge is 0.463 e. The monoisotopic (exact) mass is 502 g/mol. The van der Waals surface area contributed by atoms with Gasteiger partial charge in [0.05, 0.1) is 30.9 Å². The van der Waals surface area contributed by atoms with E-state index in [4.69, 9.17) is 14.6 Å². The van der Waals surface area contributed by atoms with Crippen molar-refractivity contribution in [2.24, 2.45) is 11.8 Å². The number of nitrogens with one attached hydrogen (secondary N) is 2. The van der Waals surface area contributed by atoms with Crippen LogP contribution in [-0.4, -0.2) is 60.3 Å². The van der Waals surface area contributed by atoms with Gasteiger partial charge in [-0.25, -0.2) is 0 Å². The zero-order valence-corrected chi connectivity index (χ0v) is 21.3. The average molecular weight is 503 g/mol. The number of cyclic esters (lactones) is 1. The predicted molar refractivity (Wildman–Crippen MR) is 134 cm³/mol. The first-order chi connectivity index (χ1) is 17.1. The molecular weight excluding hydrogens is 464 g/mol. The molecule has 36 heavy (non-hydrogen) atoms. The maximum absolute atomic E-state index is 13.1. The Morgan fingerprint density at radius 1 is 1.08 bits per heavy atom. The van der Waals surface area contributed by atoms with Gasteiger partial charge < -0.3 is 25.2 Å². The lowest BCUT2D eigenvalue weighted by Crippen LogP contribution is -2.45. The summed E-state index contributed by atoms with van der Waals surface area (Å²) in [6.07, 6.45) is 4.25. The van der Waals surface area contributed by atoms with Crippen molar-refractivity contribution in [2.45, 2.75) is 64.5 Å². The van der Waals surface area contributed by atoms with E-state index in [1.807, 2.05) is 30.3 Å². The molecule has 0 bridgehead atoms. The van der Waals surface area contributed by atoms with Crippen molar-refractivity contribution >= 4 is 23.8 Å². The standard InChI is InChI=1S/C27H38N2O7/c1-27(2,3)36-24(32)17-21-12-8-7-11-20(16-23(31)28-13-14-30)25(33)29-22(18-35-26(21)34)15-19-9-5-4-6-10-19/h4-10,20-22,30H,11-18H2,1-3H3,(H,28,31)(H,29,33)/b8-7-/t20-,21+,22-/m1/s1. The molecule has 3 N–H and O–H groups in total. The number of aliphatic hydroxyl groups excluding tert-OH is 1. The minimum atomic E-state index is -0.727. The Hall–Kier alpha value is -3.20. The van der Waals surface area contributed by atoms with Crippen molar-refractivity contribution in [1.82, 2.24) is 10.6 Å². The molecule has 3 atom stereocenters. The normalized spacial score (nSPS) is 22.3. The molecule has 0 aliphatic carbocycles. The third kappa shape index (κ3) is 11.0. The van der Waals surface area contributed by atoms with Gasteiger partial charge in [-0.15, -0.1) is 0 Å². The smallest absolute Gasteiger partial charge is 0.309 e. The fourth-order valence-corrected chi connectivity index (χ4v) is 3.81. The van der Waals surface area contributed by atoms with Gasteiger partial charge in [0.1, 0.15) is 12.2 Å². The molecule has 1 aromatic rings. The molecule has 0 spiro atoms. The molecule has 9 heteroatoms. The first-order valence-corrected chi connectivity index (χ1v) is 12.3. The molecule has 2 amide bonds. The molecule has 2 rings (SSSR count). The number of amides is 2. The summed E-state index contributed by atoms with van der Waals surface area (Å²) in [5, 5.41) is 14.5. The molecule has 0 aromatic heterocycles. The molecular formula is C27H38N2O7. The summed E-state index contributed by atoms with van der Waals surface area (Å²) < 4.78 is 10.9. The maximum atomic E-state index is 13.1. The summed E-state index contributed by atoms with van der Waals surface area (Å²) in [6.45, 7) is 5.14. The molecule has 9 nitrogen and oxygen atoms in total. The van der Waals surface area contributed by atoms with Crippen molar-refractivity contribution in [1.29, 1.82) is 0 Å². The van der Waals surface area contributed by atoms with Gasteiger partial charge in [-0.05, 0) is 45.6 Å². The summed E-state index contributed by atoms with van der Waals surface area (Å²) >= 11 is 0. The summed E-state index contributed by atoms with van der Waals surface area (Å²) in [5.74, 6) is -3.04. The molecule has 0 fully saturated rings. The van der Waals surface area contributed by atoms with Crippen LogP contribution in [0.5, 0.6) is 0 Å². The zero-order chi connectivity index (χ0) is 26.6.